The Morgan fingerprint density at radius 3 is 2.63 bits per heavy atom. The Labute approximate surface area is 179 Å². The summed E-state index contributed by atoms with van der Waals surface area (Å²) < 4.78 is 32.4. The summed E-state index contributed by atoms with van der Waals surface area (Å²) in [5, 5.41) is 9.11. The van der Waals surface area contributed by atoms with Crippen LogP contribution in [0, 0.1) is 11.3 Å². The normalized spacial score (nSPS) is 27.4. The van der Waals surface area contributed by atoms with Crippen LogP contribution in [0.15, 0.2) is 24.3 Å². The average molecular weight is 434 g/mol. The first-order valence-corrected chi connectivity index (χ1v) is 12.5. The van der Waals surface area contributed by atoms with Crippen LogP contribution in [-0.4, -0.2) is 56.8 Å². The first-order valence-electron chi connectivity index (χ1n) is 10.6. The molecule has 2 fully saturated rings. The standard InChI is InChI=1S/C22H31N3O4S/c1-16(26)25-12-4-7-21(24-30(2,27)28)22(25)15-29-20-10-8-18(9-11-20)19-6-3-5-17(13-19)14-23/h3,5-6,13,18,20-22,24H,4,7-12,15H2,1-2H3/t18?,20?,21-,22-/m0/s1. The van der Waals surface area contributed by atoms with Crippen LogP contribution in [0.1, 0.15) is 62.5 Å². The SMILES string of the molecule is CC(=O)N1CCC[C@H](NS(C)(=O)=O)[C@@H]1COC1CCC(c2cccc(C#N)c2)CC1. The lowest BCUT2D eigenvalue weighted by Crippen LogP contribution is -2.58. The van der Waals surface area contributed by atoms with Crippen molar-refractivity contribution in [1.82, 2.24) is 9.62 Å². The zero-order valence-corrected chi connectivity index (χ0v) is 18.5. The van der Waals surface area contributed by atoms with Crippen molar-refractivity contribution in [3.8, 4) is 6.07 Å². The van der Waals surface area contributed by atoms with E-state index in [9.17, 15) is 13.2 Å². The van der Waals surface area contributed by atoms with Gasteiger partial charge in [-0.3, -0.25) is 4.79 Å². The summed E-state index contributed by atoms with van der Waals surface area (Å²) in [7, 11) is -3.36. The molecule has 1 saturated carbocycles. The van der Waals surface area contributed by atoms with Crippen LogP contribution < -0.4 is 4.72 Å². The predicted octanol–water partition coefficient (Wildman–Crippen LogP) is 2.53. The molecule has 30 heavy (non-hydrogen) atoms. The van der Waals surface area contributed by atoms with Crippen LogP contribution in [0.3, 0.4) is 0 Å². The van der Waals surface area contributed by atoms with Gasteiger partial charge in [-0.2, -0.15) is 5.26 Å². The van der Waals surface area contributed by atoms with Crippen molar-refractivity contribution in [3.05, 3.63) is 35.4 Å². The third-order valence-corrected chi connectivity index (χ3v) is 6.94. The number of likely N-dealkylation sites (tertiary alicyclic amines) is 1. The van der Waals surface area contributed by atoms with Crippen LogP contribution in [-0.2, 0) is 19.6 Å². The number of nitrogens with one attached hydrogen (secondary N) is 1. The molecule has 0 aromatic heterocycles. The molecule has 1 N–H and O–H groups in total. The van der Waals surface area contributed by atoms with Gasteiger partial charge in [0.05, 0.1) is 36.6 Å². The molecular weight excluding hydrogens is 402 g/mol. The first-order chi connectivity index (χ1) is 14.3. The Balaban J connectivity index is 1.58. The molecule has 0 spiro atoms. The van der Waals surface area contributed by atoms with Crippen LogP contribution >= 0.6 is 0 Å². The van der Waals surface area contributed by atoms with Crippen molar-refractivity contribution in [3.63, 3.8) is 0 Å². The van der Waals surface area contributed by atoms with Gasteiger partial charge in [0, 0.05) is 19.5 Å². The number of rotatable bonds is 6. The molecule has 2 aliphatic rings. The highest BCUT2D eigenvalue weighted by atomic mass is 32.2. The van der Waals surface area contributed by atoms with Crippen molar-refractivity contribution >= 4 is 15.9 Å². The van der Waals surface area contributed by atoms with E-state index in [1.54, 1.807) is 4.90 Å². The molecule has 164 valence electrons. The summed E-state index contributed by atoms with van der Waals surface area (Å²) in [4.78, 5) is 13.8. The van der Waals surface area contributed by atoms with Gasteiger partial charge in [0.15, 0.2) is 0 Å². The maximum Gasteiger partial charge on any atom is 0.219 e. The minimum absolute atomic E-state index is 0.0512. The molecule has 1 saturated heterocycles. The topological polar surface area (TPSA) is 99.5 Å². The maximum atomic E-state index is 12.1. The third kappa shape index (κ3) is 6.03. The van der Waals surface area contributed by atoms with E-state index in [0.717, 1.165) is 38.4 Å². The van der Waals surface area contributed by atoms with Crippen LogP contribution in [0.25, 0.3) is 0 Å². The number of amides is 1. The number of carbonyl (C=O) groups excluding carboxylic acids is 1. The molecule has 0 unspecified atom stereocenters. The minimum Gasteiger partial charge on any atom is -0.376 e. The lowest BCUT2D eigenvalue weighted by atomic mass is 9.82. The number of benzene rings is 1. The van der Waals surface area contributed by atoms with Crippen LogP contribution in [0.4, 0.5) is 0 Å². The fraction of sp³-hybridized carbons (Fsp3) is 0.636. The largest absolute Gasteiger partial charge is 0.376 e. The van der Waals surface area contributed by atoms with Gasteiger partial charge >= 0.3 is 0 Å². The van der Waals surface area contributed by atoms with Gasteiger partial charge in [0.1, 0.15) is 0 Å². The molecule has 1 aromatic carbocycles. The molecule has 1 amide bonds. The van der Waals surface area contributed by atoms with Crippen molar-refractivity contribution in [1.29, 1.82) is 5.26 Å². The highest BCUT2D eigenvalue weighted by Crippen LogP contribution is 2.34. The second kappa shape index (κ2) is 9.90. The number of hydrogen-bond donors (Lipinski definition) is 1. The van der Waals surface area contributed by atoms with E-state index in [2.05, 4.69) is 16.9 Å². The Hall–Kier alpha value is -1.95. The number of sulfonamides is 1. The lowest BCUT2D eigenvalue weighted by molar-refractivity contribution is -0.136. The molecular formula is C22H31N3O4S. The quantitative estimate of drug-likeness (QED) is 0.743. The molecule has 3 rings (SSSR count). The summed E-state index contributed by atoms with van der Waals surface area (Å²) in [6.07, 6.45) is 6.55. The molecule has 1 aliphatic heterocycles. The summed E-state index contributed by atoms with van der Waals surface area (Å²) in [5.74, 6) is 0.380. The van der Waals surface area contributed by atoms with Gasteiger partial charge in [-0.1, -0.05) is 12.1 Å². The van der Waals surface area contributed by atoms with E-state index in [0.29, 0.717) is 31.1 Å². The number of nitriles is 1. The van der Waals surface area contributed by atoms with Gasteiger partial charge in [0.25, 0.3) is 0 Å². The second-order valence-corrected chi connectivity index (χ2v) is 10.2. The van der Waals surface area contributed by atoms with Crippen molar-refractivity contribution in [2.75, 3.05) is 19.4 Å². The van der Waals surface area contributed by atoms with Crippen molar-refractivity contribution < 1.29 is 17.9 Å². The first kappa shape index (κ1) is 22.7. The van der Waals surface area contributed by atoms with E-state index < -0.39 is 10.0 Å². The number of ether oxygens (including phenoxy) is 1. The fourth-order valence-electron chi connectivity index (χ4n) is 4.73. The highest BCUT2D eigenvalue weighted by molar-refractivity contribution is 7.88. The van der Waals surface area contributed by atoms with Crippen molar-refractivity contribution in [2.45, 2.75) is 69.6 Å². The molecule has 0 radical (unpaired) electrons. The zero-order valence-electron chi connectivity index (χ0n) is 17.7. The number of nitrogens with zero attached hydrogens (tertiary/aromatic N) is 2. The molecule has 2 atom stereocenters. The molecule has 0 bridgehead atoms. The van der Waals surface area contributed by atoms with Crippen LogP contribution in [0.5, 0.6) is 0 Å². The minimum atomic E-state index is -3.36. The molecule has 7 nitrogen and oxygen atoms in total. The van der Waals surface area contributed by atoms with Gasteiger partial charge in [-0.15, -0.1) is 0 Å². The van der Waals surface area contributed by atoms with Crippen molar-refractivity contribution in [2.24, 2.45) is 0 Å². The van der Waals surface area contributed by atoms with Gasteiger partial charge < -0.3 is 9.64 Å². The van der Waals surface area contributed by atoms with E-state index >= 15 is 0 Å². The summed E-state index contributed by atoms with van der Waals surface area (Å²) >= 11 is 0. The maximum absolute atomic E-state index is 12.1. The Bertz CT molecular complexity index is 888. The van der Waals surface area contributed by atoms with E-state index in [4.69, 9.17) is 10.00 Å². The number of hydrogen-bond acceptors (Lipinski definition) is 5. The summed E-state index contributed by atoms with van der Waals surface area (Å²) in [6.45, 7) is 2.50. The summed E-state index contributed by atoms with van der Waals surface area (Å²) in [5.41, 5.74) is 1.90. The fourth-order valence-corrected chi connectivity index (χ4v) is 5.55. The average Bonchev–Trinajstić information content (AvgIpc) is 2.72. The molecule has 1 heterocycles. The molecule has 1 aliphatic carbocycles. The second-order valence-electron chi connectivity index (χ2n) is 8.46. The smallest absolute Gasteiger partial charge is 0.219 e. The highest BCUT2D eigenvalue weighted by Gasteiger charge is 2.35. The van der Waals surface area contributed by atoms with Crippen LogP contribution in [0.2, 0.25) is 0 Å². The molecule has 1 aromatic rings. The molecule has 8 heteroatoms. The van der Waals surface area contributed by atoms with E-state index in [1.165, 1.54) is 12.5 Å². The zero-order chi connectivity index (χ0) is 21.7. The van der Waals surface area contributed by atoms with Gasteiger partial charge in [-0.25, -0.2) is 13.1 Å². The Morgan fingerprint density at radius 2 is 2.00 bits per heavy atom. The monoisotopic (exact) mass is 433 g/mol. The Kier molecular flexibility index (Phi) is 7.50. The van der Waals surface area contributed by atoms with Gasteiger partial charge in [0.2, 0.25) is 15.9 Å². The third-order valence-electron chi connectivity index (χ3n) is 6.21. The number of carbonyl (C=O) groups is 1. The predicted molar refractivity (Wildman–Crippen MR) is 114 cm³/mol. The number of piperidine rings is 1. The van der Waals surface area contributed by atoms with Gasteiger partial charge in [-0.05, 0) is 62.1 Å². The Morgan fingerprint density at radius 1 is 1.27 bits per heavy atom. The van der Waals surface area contributed by atoms with E-state index in [1.807, 2.05) is 18.2 Å². The lowest BCUT2D eigenvalue weighted by Gasteiger charge is -2.41. The van der Waals surface area contributed by atoms with E-state index in [-0.39, 0.29) is 24.1 Å². The summed E-state index contributed by atoms with van der Waals surface area (Å²) in [6, 6.07) is 9.42.